The predicted octanol–water partition coefficient (Wildman–Crippen LogP) is 2.13. The zero-order valence-corrected chi connectivity index (χ0v) is 16.6. The van der Waals surface area contributed by atoms with Gasteiger partial charge in [-0.1, -0.05) is 0 Å². The average Bonchev–Trinajstić information content (AvgIpc) is 2.82. The third-order valence-electron chi connectivity index (χ3n) is 5.67. The molecule has 1 aliphatic rings. The van der Waals surface area contributed by atoms with Gasteiger partial charge in [-0.05, 0) is 38.5 Å². The first kappa shape index (κ1) is 18.3. The number of ether oxygens (including phenoxy) is 1. The summed E-state index contributed by atoms with van der Waals surface area (Å²) in [6, 6.07) is 5.79. The van der Waals surface area contributed by atoms with E-state index < -0.39 is 0 Å². The molecule has 7 heteroatoms. The van der Waals surface area contributed by atoms with Crippen LogP contribution in [0.5, 0.6) is 5.75 Å². The van der Waals surface area contributed by atoms with Gasteiger partial charge in [-0.3, -0.25) is 9.59 Å². The quantitative estimate of drug-likeness (QED) is 0.739. The topological polar surface area (TPSA) is 80.2 Å². The highest BCUT2D eigenvalue weighted by atomic mass is 16.5. The van der Waals surface area contributed by atoms with Crippen molar-refractivity contribution in [2.75, 3.05) is 20.2 Å². The van der Waals surface area contributed by atoms with Gasteiger partial charge in [0.15, 0.2) is 0 Å². The molecule has 28 heavy (non-hydrogen) atoms. The summed E-state index contributed by atoms with van der Waals surface area (Å²) in [5.41, 5.74) is 4.00. The van der Waals surface area contributed by atoms with Gasteiger partial charge in [-0.25, -0.2) is 4.98 Å². The molecule has 0 atom stereocenters. The van der Waals surface area contributed by atoms with Crippen LogP contribution in [0.1, 0.15) is 33.1 Å². The number of carbonyl (C=O) groups excluding carboxylic acids is 1. The minimum Gasteiger partial charge on any atom is -0.497 e. The van der Waals surface area contributed by atoms with Crippen molar-refractivity contribution in [3.8, 4) is 5.75 Å². The summed E-state index contributed by atoms with van der Waals surface area (Å²) in [7, 11) is 3.59. The molecule has 1 amide bonds. The van der Waals surface area contributed by atoms with Gasteiger partial charge < -0.3 is 19.2 Å². The molecule has 3 heterocycles. The second-order valence-corrected chi connectivity index (χ2v) is 7.27. The van der Waals surface area contributed by atoms with Crippen molar-refractivity contribution in [1.82, 2.24) is 19.4 Å². The molecule has 0 bridgehead atoms. The largest absolute Gasteiger partial charge is 0.497 e. The van der Waals surface area contributed by atoms with E-state index in [1.54, 1.807) is 14.0 Å². The lowest BCUT2D eigenvalue weighted by atomic mass is 10.1. The molecule has 146 valence electrons. The number of fused-ring (bicyclic) bond motifs is 2. The minimum absolute atomic E-state index is 0.0164. The number of methoxy groups -OCH3 is 1. The number of hydrogen-bond donors (Lipinski definition) is 1. The lowest BCUT2D eigenvalue weighted by molar-refractivity contribution is 0.0764. The monoisotopic (exact) mass is 380 g/mol. The molecule has 0 aliphatic carbocycles. The van der Waals surface area contributed by atoms with Crippen molar-refractivity contribution < 1.29 is 9.53 Å². The molecular weight excluding hydrogens is 356 g/mol. The molecule has 0 saturated carbocycles. The third kappa shape index (κ3) is 2.87. The van der Waals surface area contributed by atoms with Crippen molar-refractivity contribution in [2.24, 2.45) is 7.05 Å². The Morgan fingerprint density at radius 3 is 2.71 bits per heavy atom. The van der Waals surface area contributed by atoms with Crippen LogP contribution in [0.25, 0.3) is 10.9 Å². The molecule has 1 N–H and O–H groups in total. The number of nitrogens with one attached hydrogen (secondary N) is 1. The van der Waals surface area contributed by atoms with Gasteiger partial charge in [-0.15, -0.1) is 0 Å². The molecule has 0 spiro atoms. The van der Waals surface area contributed by atoms with Crippen LogP contribution in [0.2, 0.25) is 0 Å². The first-order valence-electron chi connectivity index (χ1n) is 9.41. The maximum atomic E-state index is 13.5. The Morgan fingerprint density at radius 2 is 1.96 bits per heavy atom. The van der Waals surface area contributed by atoms with Gasteiger partial charge in [-0.2, -0.15) is 0 Å². The standard InChI is InChI=1S/C21H24N4O3/c1-12-19(16-11-14(28-4)5-6-18(16)24(12)3)21(27)25-9-7-15-17(8-10-25)22-13(2)23-20(15)26/h5-6,11H,7-10H2,1-4H3,(H,22,23,26). The SMILES string of the molecule is COc1ccc2c(c1)c(C(=O)N1CCc3nc(C)[nH]c(=O)c3CC1)c(C)n2C. The van der Waals surface area contributed by atoms with E-state index in [0.29, 0.717) is 42.9 Å². The first-order chi connectivity index (χ1) is 13.4. The highest BCUT2D eigenvalue weighted by Crippen LogP contribution is 2.30. The van der Waals surface area contributed by atoms with E-state index in [1.807, 2.05) is 41.6 Å². The number of hydrogen-bond acceptors (Lipinski definition) is 4. The fourth-order valence-electron chi connectivity index (χ4n) is 4.04. The normalized spacial score (nSPS) is 14.1. The highest BCUT2D eigenvalue weighted by molar-refractivity contribution is 6.08. The molecule has 0 unspecified atom stereocenters. The Bertz CT molecular complexity index is 1140. The van der Waals surface area contributed by atoms with Crippen LogP contribution >= 0.6 is 0 Å². The molecule has 2 aromatic heterocycles. The third-order valence-corrected chi connectivity index (χ3v) is 5.67. The number of aromatic nitrogens is 3. The highest BCUT2D eigenvalue weighted by Gasteiger charge is 2.26. The fourth-order valence-corrected chi connectivity index (χ4v) is 4.04. The van der Waals surface area contributed by atoms with Crippen LogP contribution in [0, 0.1) is 13.8 Å². The fraction of sp³-hybridized carbons (Fsp3) is 0.381. The zero-order chi connectivity index (χ0) is 20.0. The maximum Gasteiger partial charge on any atom is 0.256 e. The van der Waals surface area contributed by atoms with Crippen LogP contribution < -0.4 is 10.3 Å². The lowest BCUT2D eigenvalue weighted by Gasteiger charge is -2.20. The number of aryl methyl sites for hydroxylation is 2. The molecule has 7 nitrogen and oxygen atoms in total. The number of carbonyl (C=O) groups is 1. The number of rotatable bonds is 2. The maximum absolute atomic E-state index is 13.5. The van der Waals surface area contributed by atoms with Crippen LogP contribution in [0.15, 0.2) is 23.0 Å². The number of nitrogens with zero attached hydrogens (tertiary/aromatic N) is 3. The number of H-pyrrole nitrogens is 1. The van der Waals surface area contributed by atoms with E-state index >= 15 is 0 Å². The Labute approximate surface area is 163 Å². The van der Waals surface area contributed by atoms with E-state index in [9.17, 15) is 9.59 Å². The molecule has 1 aliphatic heterocycles. The molecule has 0 saturated heterocycles. The second kappa shape index (κ2) is 6.82. The van der Waals surface area contributed by atoms with Crippen LogP contribution in [0.4, 0.5) is 0 Å². The summed E-state index contributed by atoms with van der Waals surface area (Å²) >= 11 is 0. The summed E-state index contributed by atoms with van der Waals surface area (Å²) in [6.07, 6.45) is 1.09. The summed E-state index contributed by atoms with van der Waals surface area (Å²) < 4.78 is 7.39. The van der Waals surface area contributed by atoms with Crippen molar-refractivity contribution in [3.05, 3.63) is 56.9 Å². The Hall–Kier alpha value is -3.09. The van der Waals surface area contributed by atoms with Crippen LogP contribution in [-0.4, -0.2) is 45.5 Å². The number of amides is 1. The molecule has 4 rings (SSSR count). The van der Waals surface area contributed by atoms with Gasteiger partial charge in [0.25, 0.3) is 11.5 Å². The summed E-state index contributed by atoms with van der Waals surface area (Å²) in [4.78, 5) is 34.8. The van der Waals surface area contributed by atoms with Crippen molar-refractivity contribution in [3.63, 3.8) is 0 Å². The van der Waals surface area contributed by atoms with Crippen molar-refractivity contribution in [2.45, 2.75) is 26.7 Å². The Balaban J connectivity index is 1.72. The molecule has 1 aromatic carbocycles. The summed E-state index contributed by atoms with van der Waals surface area (Å²) in [5, 5.41) is 0.887. The smallest absolute Gasteiger partial charge is 0.256 e. The second-order valence-electron chi connectivity index (χ2n) is 7.27. The lowest BCUT2D eigenvalue weighted by Crippen LogP contribution is -2.33. The van der Waals surface area contributed by atoms with Crippen LogP contribution in [-0.2, 0) is 19.9 Å². The van der Waals surface area contributed by atoms with E-state index in [4.69, 9.17) is 4.74 Å². The Morgan fingerprint density at radius 1 is 1.21 bits per heavy atom. The molecule has 0 fully saturated rings. The molecule has 0 radical (unpaired) electrons. The van der Waals surface area contributed by atoms with E-state index in [-0.39, 0.29) is 11.5 Å². The average molecular weight is 380 g/mol. The van der Waals surface area contributed by atoms with Gasteiger partial charge in [0.2, 0.25) is 0 Å². The Kier molecular flexibility index (Phi) is 4.45. The van der Waals surface area contributed by atoms with E-state index in [0.717, 1.165) is 28.0 Å². The van der Waals surface area contributed by atoms with Gasteiger partial charge >= 0.3 is 0 Å². The molecule has 3 aromatic rings. The van der Waals surface area contributed by atoms with E-state index in [2.05, 4.69) is 9.97 Å². The van der Waals surface area contributed by atoms with Crippen LogP contribution in [0.3, 0.4) is 0 Å². The summed E-state index contributed by atoms with van der Waals surface area (Å²) in [6.45, 7) is 4.78. The van der Waals surface area contributed by atoms with Crippen molar-refractivity contribution in [1.29, 1.82) is 0 Å². The number of aromatic amines is 1. The minimum atomic E-state index is -0.0946. The van der Waals surface area contributed by atoms with Gasteiger partial charge in [0, 0.05) is 48.7 Å². The first-order valence-corrected chi connectivity index (χ1v) is 9.41. The molecular formula is C21H24N4O3. The zero-order valence-electron chi connectivity index (χ0n) is 16.6. The van der Waals surface area contributed by atoms with Gasteiger partial charge in [0.1, 0.15) is 11.6 Å². The predicted molar refractivity (Wildman–Crippen MR) is 107 cm³/mol. The number of benzene rings is 1. The summed E-state index contributed by atoms with van der Waals surface area (Å²) in [5.74, 6) is 1.32. The van der Waals surface area contributed by atoms with Crippen molar-refractivity contribution >= 4 is 16.8 Å². The van der Waals surface area contributed by atoms with Gasteiger partial charge in [0.05, 0.1) is 18.4 Å². The van der Waals surface area contributed by atoms with E-state index in [1.165, 1.54) is 0 Å².